The third kappa shape index (κ3) is 25.2. The number of phosphoric ester groups is 1. The Morgan fingerprint density at radius 1 is 0.442 bits per heavy atom. The Hall–Kier alpha value is -1.55. The van der Waals surface area contributed by atoms with Gasteiger partial charge in [0.25, 0.3) is 0 Å². The summed E-state index contributed by atoms with van der Waals surface area (Å²) < 4.78 is 58.0. The number of aliphatic hydroxyl groups is 11. The molecule has 3 rings (SSSR count). The van der Waals surface area contributed by atoms with E-state index in [1.54, 1.807) is 0 Å². The largest absolute Gasteiger partial charge is 0.472 e. The van der Waals surface area contributed by atoms with Gasteiger partial charge in [0, 0.05) is 12.8 Å². The highest BCUT2D eigenvalue weighted by Crippen LogP contribution is 2.49. The molecule has 23 nitrogen and oxygen atoms in total. The molecule has 0 aromatic carbocycles. The number of rotatable bonds is 42. The smallest absolute Gasteiger partial charge is 0.462 e. The molecule has 0 amide bonds. The molecule has 0 aromatic heterocycles. The molecule has 2 heterocycles. The molecule has 1 saturated carbocycles. The maximum atomic E-state index is 14.0. The van der Waals surface area contributed by atoms with Crippen LogP contribution in [0.4, 0.5) is 0 Å². The number of hydrogen-bond donors (Lipinski definition) is 12. The Bertz CT molecular complexity index is 1550. The van der Waals surface area contributed by atoms with Crippen LogP contribution in [0.3, 0.4) is 0 Å². The molecule has 0 bridgehead atoms. The van der Waals surface area contributed by atoms with Gasteiger partial charge < -0.3 is 89.5 Å². The molecule has 2 saturated heterocycles. The van der Waals surface area contributed by atoms with Crippen molar-refractivity contribution in [2.24, 2.45) is 0 Å². The Labute approximate surface area is 455 Å². The molecule has 24 heteroatoms. The third-order valence-electron chi connectivity index (χ3n) is 14.7. The fraction of sp³-hybridized carbons (Fsp3) is 0.962. The normalized spacial score (nSPS) is 31.9. The number of esters is 2. The van der Waals surface area contributed by atoms with Gasteiger partial charge in [0.05, 0.1) is 19.8 Å². The summed E-state index contributed by atoms with van der Waals surface area (Å²) in [5, 5.41) is 116. The molecule has 0 aromatic rings. The Morgan fingerprint density at radius 2 is 0.779 bits per heavy atom. The zero-order chi connectivity index (χ0) is 56.8. The van der Waals surface area contributed by atoms with E-state index in [-0.39, 0.29) is 12.8 Å². The SMILES string of the molecule is CCCCCCCCCCCCCCCC(=O)OC[C@@H](COP(=O)(O)OC1[C@H](O[C@H]2O[C@H](CO)[C@@H](O)[C@H](O)[C@@H]2O)[C@H](O)C(O)[C@H](O)[C@H]1O[C@H]1O[C@H](CO)[C@@H](O)[C@H](O)[C@@H]1O)OC(=O)CCCCCCCCCCCCCCC. The third-order valence-corrected chi connectivity index (χ3v) is 15.7. The van der Waals surface area contributed by atoms with Crippen LogP contribution in [0.1, 0.15) is 194 Å². The summed E-state index contributed by atoms with van der Waals surface area (Å²) in [6, 6.07) is 0. The van der Waals surface area contributed by atoms with Gasteiger partial charge >= 0.3 is 19.8 Å². The number of carbonyl (C=O) groups is 2. The summed E-state index contributed by atoms with van der Waals surface area (Å²) in [5.41, 5.74) is 0. The van der Waals surface area contributed by atoms with E-state index in [1.165, 1.54) is 96.3 Å². The van der Waals surface area contributed by atoms with Crippen molar-refractivity contribution in [1.29, 1.82) is 0 Å². The van der Waals surface area contributed by atoms with Crippen LogP contribution in [0.2, 0.25) is 0 Å². The zero-order valence-electron chi connectivity index (χ0n) is 45.7. The first kappa shape index (κ1) is 69.7. The van der Waals surface area contributed by atoms with Gasteiger partial charge in [-0.2, -0.15) is 0 Å². The van der Waals surface area contributed by atoms with Crippen LogP contribution in [-0.2, 0) is 51.6 Å². The highest BCUT2D eigenvalue weighted by atomic mass is 31.2. The number of ether oxygens (including phenoxy) is 6. The first-order valence-corrected chi connectivity index (χ1v) is 30.4. The van der Waals surface area contributed by atoms with Crippen molar-refractivity contribution in [3.63, 3.8) is 0 Å². The van der Waals surface area contributed by atoms with E-state index in [9.17, 15) is 75.2 Å². The summed E-state index contributed by atoms with van der Waals surface area (Å²) in [6.07, 6.45) is -6.18. The van der Waals surface area contributed by atoms with Crippen molar-refractivity contribution in [3.05, 3.63) is 0 Å². The molecular formula is C53H99O23P. The highest BCUT2D eigenvalue weighted by Gasteiger charge is 2.58. The monoisotopic (exact) mass is 1130 g/mol. The van der Waals surface area contributed by atoms with Crippen molar-refractivity contribution >= 4 is 19.8 Å². The second-order valence-electron chi connectivity index (χ2n) is 21.2. The molecule has 12 N–H and O–H groups in total. The topological polar surface area (TPSA) is 368 Å². The minimum Gasteiger partial charge on any atom is -0.462 e. The molecule has 3 unspecified atom stereocenters. The molecule has 3 aliphatic rings. The van der Waals surface area contributed by atoms with Gasteiger partial charge in [-0.25, -0.2) is 4.57 Å². The lowest BCUT2D eigenvalue weighted by Crippen LogP contribution is -2.69. The lowest BCUT2D eigenvalue weighted by Gasteiger charge is -2.49. The standard InChI is InChI=1S/C53H99O23P/c1-3-5-7-9-11-13-15-17-19-21-23-25-27-29-38(56)69-33-35(71-39(57)30-28-26-24-22-20-18-16-14-12-10-8-6-4-2)34-70-77(67,68)76-51-49(74-52-47(65)42(60)40(58)36(31-54)72-52)45(63)44(62)46(64)50(51)75-53-48(66)43(61)41(59)37(32-55)73-53/h35-37,40-55,58-66H,3-34H2,1-2H3,(H,67,68)/t35-,36+,37+,40+,41+,42-,43-,44?,45-,46+,47-,48-,49+,50+,51?,52+,53+/m0/s1. The fourth-order valence-corrected chi connectivity index (χ4v) is 10.8. The van der Waals surface area contributed by atoms with Gasteiger partial charge in [-0.05, 0) is 12.8 Å². The number of aliphatic hydroxyl groups excluding tert-OH is 11. The van der Waals surface area contributed by atoms with E-state index < -0.39 is 150 Å². The van der Waals surface area contributed by atoms with Crippen LogP contribution >= 0.6 is 7.82 Å². The van der Waals surface area contributed by atoms with Crippen molar-refractivity contribution in [1.82, 2.24) is 0 Å². The average molecular weight is 1140 g/mol. The van der Waals surface area contributed by atoms with Crippen LogP contribution in [0.25, 0.3) is 0 Å². The van der Waals surface area contributed by atoms with Crippen LogP contribution < -0.4 is 0 Å². The molecule has 2 aliphatic heterocycles. The summed E-state index contributed by atoms with van der Waals surface area (Å²) in [4.78, 5) is 37.4. The van der Waals surface area contributed by atoms with Crippen molar-refractivity contribution in [3.8, 4) is 0 Å². The summed E-state index contributed by atoms with van der Waals surface area (Å²) >= 11 is 0. The first-order chi connectivity index (χ1) is 36.9. The average Bonchev–Trinajstić information content (AvgIpc) is 3.43. The van der Waals surface area contributed by atoms with E-state index in [2.05, 4.69) is 13.8 Å². The van der Waals surface area contributed by atoms with Crippen LogP contribution in [-0.4, -0.2) is 204 Å². The van der Waals surface area contributed by atoms with E-state index in [0.29, 0.717) is 12.8 Å². The Balaban J connectivity index is 1.72. The zero-order valence-corrected chi connectivity index (χ0v) is 46.6. The van der Waals surface area contributed by atoms with Crippen molar-refractivity contribution in [2.75, 3.05) is 26.4 Å². The molecule has 0 radical (unpaired) electrons. The van der Waals surface area contributed by atoms with Crippen LogP contribution in [0.5, 0.6) is 0 Å². The molecule has 3 fully saturated rings. The lowest BCUT2D eigenvalue weighted by molar-refractivity contribution is -0.360. The quantitative estimate of drug-likeness (QED) is 0.0237. The van der Waals surface area contributed by atoms with Crippen molar-refractivity contribution < 1.29 is 113 Å². The lowest BCUT2D eigenvalue weighted by atomic mass is 9.84. The second kappa shape index (κ2) is 39.0. The van der Waals surface area contributed by atoms with Gasteiger partial charge in [-0.1, -0.05) is 168 Å². The van der Waals surface area contributed by atoms with Gasteiger partial charge in [0.2, 0.25) is 0 Å². The molecule has 0 spiro atoms. The van der Waals surface area contributed by atoms with E-state index in [4.69, 9.17) is 37.5 Å². The summed E-state index contributed by atoms with van der Waals surface area (Å²) in [5.74, 6) is -1.32. The minimum absolute atomic E-state index is 0.0252. The van der Waals surface area contributed by atoms with Gasteiger partial charge in [0.15, 0.2) is 18.7 Å². The molecule has 1 aliphatic carbocycles. The molecule has 77 heavy (non-hydrogen) atoms. The van der Waals surface area contributed by atoms with E-state index >= 15 is 0 Å². The van der Waals surface area contributed by atoms with Crippen LogP contribution in [0.15, 0.2) is 0 Å². The highest BCUT2D eigenvalue weighted by molar-refractivity contribution is 7.47. The number of hydrogen-bond acceptors (Lipinski definition) is 22. The predicted molar refractivity (Wildman–Crippen MR) is 277 cm³/mol. The fourth-order valence-electron chi connectivity index (χ4n) is 9.83. The van der Waals surface area contributed by atoms with Gasteiger partial charge in [0.1, 0.15) is 92.1 Å². The number of phosphoric acid groups is 1. The maximum Gasteiger partial charge on any atom is 0.472 e. The van der Waals surface area contributed by atoms with E-state index in [1.807, 2.05) is 0 Å². The van der Waals surface area contributed by atoms with Gasteiger partial charge in [-0.15, -0.1) is 0 Å². The molecule has 454 valence electrons. The van der Waals surface area contributed by atoms with E-state index in [0.717, 1.165) is 57.8 Å². The van der Waals surface area contributed by atoms with Crippen molar-refractivity contribution in [2.45, 2.75) is 298 Å². The summed E-state index contributed by atoms with van der Waals surface area (Å²) in [7, 11) is -5.63. The van der Waals surface area contributed by atoms with Crippen LogP contribution in [0, 0.1) is 0 Å². The predicted octanol–water partition coefficient (Wildman–Crippen LogP) is 3.37. The Kier molecular flexibility index (Phi) is 35.3. The first-order valence-electron chi connectivity index (χ1n) is 28.9. The minimum atomic E-state index is -5.63. The molecular weight excluding hydrogens is 1040 g/mol. The van der Waals surface area contributed by atoms with Gasteiger partial charge in [-0.3, -0.25) is 18.6 Å². The maximum absolute atomic E-state index is 14.0. The Morgan fingerprint density at radius 3 is 1.14 bits per heavy atom. The molecule has 18 atom stereocenters. The number of carbonyl (C=O) groups excluding carboxylic acids is 2. The second-order valence-corrected chi connectivity index (χ2v) is 22.6. The number of unbranched alkanes of at least 4 members (excludes halogenated alkanes) is 24. The summed E-state index contributed by atoms with van der Waals surface area (Å²) in [6.45, 7) is 1.01.